The number of benzene rings is 1. The van der Waals surface area contributed by atoms with Gasteiger partial charge in [-0.05, 0) is 37.0 Å². The lowest BCUT2D eigenvalue weighted by atomic mass is 9.80. The molecule has 0 saturated heterocycles. The summed E-state index contributed by atoms with van der Waals surface area (Å²) >= 11 is 0. The van der Waals surface area contributed by atoms with E-state index in [2.05, 4.69) is 5.32 Å². The van der Waals surface area contributed by atoms with Gasteiger partial charge in [-0.25, -0.2) is 4.39 Å². The molecular weight excluding hydrogens is 262 g/mol. The van der Waals surface area contributed by atoms with Gasteiger partial charge in [0.25, 0.3) is 0 Å². The van der Waals surface area contributed by atoms with Crippen molar-refractivity contribution in [2.24, 2.45) is 0 Å². The molecule has 0 heterocycles. The molecule has 0 unspecified atom stereocenters. The van der Waals surface area contributed by atoms with Crippen LogP contribution in [0, 0.1) is 5.82 Å². The van der Waals surface area contributed by atoms with Crippen molar-refractivity contribution in [3.05, 3.63) is 35.1 Å². The third-order valence-electron chi connectivity index (χ3n) is 3.40. The Morgan fingerprint density at radius 1 is 1.26 bits per heavy atom. The lowest BCUT2D eigenvalue weighted by molar-refractivity contribution is -0.140. The molecule has 1 saturated carbocycles. The molecule has 0 aromatic heterocycles. The van der Waals surface area contributed by atoms with Gasteiger partial charge in [-0.2, -0.15) is 13.2 Å². The first-order valence-corrected chi connectivity index (χ1v) is 6.09. The molecule has 106 valence electrons. The summed E-state index contributed by atoms with van der Waals surface area (Å²) in [6.45, 7) is 0.511. The second-order valence-electron chi connectivity index (χ2n) is 4.99. The quantitative estimate of drug-likeness (QED) is 0.829. The standard InChI is InChI=1S/C13H15F4NO/c14-11-3-2-9(6-10(11)13(15,16)17)7-18-8-12(19)4-1-5-12/h2-3,6,18-19H,1,4-5,7-8H2. The predicted molar refractivity (Wildman–Crippen MR) is 61.9 cm³/mol. The van der Waals surface area contributed by atoms with E-state index in [1.54, 1.807) is 0 Å². The molecule has 0 radical (unpaired) electrons. The van der Waals surface area contributed by atoms with Crippen LogP contribution < -0.4 is 5.32 Å². The molecule has 2 rings (SSSR count). The summed E-state index contributed by atoms with van der Waals surface area (Å²) in [6.07, 6.45) is -2.31. The molecule has 1 fully saturated rings. The molecule has 0 aliphatic heterocycles. The van der Waals surface area contributed by atoms with E-state index in [0.717, 1.165) is 18.6 Å². The molecule has 1 aromatic carbocycles. The molecule has 0 spiro atoms. The van der Waals surface area contributed by atoms with Crippen LogP contribution in [-0.4, -0.2) is 17.3 Å². The topological polar surface area (TPSA) is 32.3 Å². The molecule has 0 atom stereocenters. The third-order valence-corrected chi connectivity index (χ3v) is 3.40. The fraction of sp³-hybridized carbons (Fsp3) is 0.538. The number of aliphatic hydroxyl groups is 1. The highest BCUT2D eigenvalue weighted by molar-refractivity contribution is 5.27. The van der Waals surface area contributed by atoms with Gasteiger partial charge in [0.05, 0.1) is 11.2 Å². The molecule has 2 N–H and O–H groups in total. The summed E-state index contributed by atoms with van der Waals surface area (Å²) in [7, 11) is 0. The van der Waals surface area contributed by atoms with Crippen LogP contribution in [0.25, 0.3) is 0 Å². The summed E-state index contributed by atoms with van der Waals surface area (Å²) in [5.41, 5.74) is -1.64. The number of nitrogens with one attached hydrogen (secondary N) is 1. The van der Waals surface area contributed by atoms with Crippen molar-refractivity contribution in [2.75, 3.05) is 6.54 Å². The van der Waals surface area contributed by atoms with Crippen molar-refractivity contribution in [3.8, 4) is 0 Å². The Morgan fingerprint density at radius 2 is 1.95 bits per heavy atom. The van der Waals surface area contributed by atoms with Gasteiger partial charge >= 0.3 is 6.18 Å². The van der Waals surface area contributed by atoms with E-state index in [4.69, 9.17) is 0 Å². The summed E-state index contributed by atoms with van der Waals surface area (Å²) in [6, 6.07) is 2.92. The van der Waals surface area contributed by atoms with E-state index in [-0.39, 0.29) is 6.54 Å². The zero-order chi connectivity index (χ0) is 14.1. The van der Waals surface area contributed by atoms with E-state index < -0.39 is 23.2 Å². The number of rotatable bonds is 4. The molecule has 6 heteroatoms. The lowest BCUT2D eigenvalue weighted by Crippen LogP contribution is -2.45. The van der Waals surface area contributed by atoms with Crippen molar-refractivity contribution in [2.45, 2.75) is 37.6 Å². The monoisotopic (exact) mass is 277 g/mol. The molecule has 1 aliphatic carbocycles. The van der Waals surface area contributed by atoms with E-state index in [1.807, 2.05) is 0 Å². The van der Waals surface area contributed by atoms with Crippen molar-refractivity contribution < 1.29 is 22.7 Å². The van der Waals surface area contributed by atoms with Crippen molar-refractivity contribution in [1.82, 2.24) is 5.32 Å². The minimum atomic E-state index is -4.69. The van der Waals surface area contributed by atoms with E-state index in [1.165, 1.54) is 6.07 Å². The van der Waals surface area contributed by atoms with E-state index in [0.29, 0.717) is 24.9 Å². The first-order valence-electron chi connectivity index (χ1n) is 6.09. The molecule has 0 bridgehead atoms. The highest BCUT2D eigenvalue weighted by Crippen LogP contribution is 2.32. The average Bonchev–Trinajstić information content (AvgIpc) is 2.27. The molecule has 19 heavy (non-hydrogen) atoms. The van der Waals surface area contributed by atoms with Crippen LogP contribution in [0.2, 0.25) is 0 Å². The Labute approximate surface area is 108 Å². The molecule has 2 nitrogen and oxygen atoms in total. The minimum absolute atomic E-state index is 0.172. The average molecular weight is 277 g/mol. The molecule has 0 amide bonds. The van der Waals surface area contributed by atoms with Crippen molar-refractivity contribution in [1.29, 1.82) is 0 Å². The Kier molecular flexibility index (Phi) is 3.82. The lowest BCUT2D eigenvalue weighted by Gasteiger charge is -2.36. The maximum absolute atomic E-state index is 13.1. The highest BCUT2D eigenvalue weighted by atomic mass is 19.4. The second kappa shape index (κ2) is 5.09. The molecule has 1 aromatic rings. The van der Waals surface area contributed by atoms with Crippen LogP contribution >= 0.6 is 0 Å². The molecule has 1 aliphatic rings. The van der Waals surface area contributed by atoms with Crippen LogP contribution in [0.3, 0.4) is 0 Å². The summed E-state index contributed by atoms with van der Waals surface area (Å²) in [5.74, 6) is -1.27. The number of alkyl halides is 3. The van der Waals surface area contributed by atoms with E-state index in [9.17, 15) is 22.7 Å². The van der Waals surface area contributed by atoms with Gasteiger partial charge in [-0.3, -0.25) is 0 Å². The maximum Gasteiger partial charge on any atom is 0.419 e. The summed E-state index contributed by atoms with van der Waals surface area (Å²) < 4.78 is 50.6. The van der Waals surface area contributed by atoms with Crippen molar-refractivity contribution >= 4 is 0 Å². The maximum atomic E-state index is 13.1. The largest absolute Gasteiger partial charge is 0.419 e. The van der Waals surface area contributed by atoms with Crippen molar-refractivity contribution in [3.63, 3.8) is 0 Å². The Balaban J connectivity index is 1.97. The Bertz CT molecular complexity index is 454. The first-order chi connectivity index (χ1) is 8.80. The van der Waals surface area contributed by atoms with Gasteiger partial charge in [0.1, 0.15) is 5.82 Å². The van der Waals surface area contributed by atoms with Gasteiger partial charge in [-0.1, -0.05) is 6.07 Å². The third kappa shape index (κ3) is 3.45. The fourth-order valence-electron chi connectivity index (χ4n) is 2.10. The predicted octanol–water partition coefficient (Wildman–Crippen LogP) is 2.85. The van der Waals surface area contributed by atoms with E-state index >= 15 is 0 Å². The summed E-state index contributed by atoms with van der Waals surface area (Å²) in [4.78, 5) is 0. The van der Waals surface area contributed by atoms with Gasteiger partial charge in [0.2, 0.25) is 0 Å². The summed E-state index contributed by atoms with van der Waals surface area (Å²) in [5, 5.41) is 12.7. The highest BCUT2D eigenvalue weighted by Gasteiger charge is 2.35. The molecular formula is C13H15F4NO. The van der Waals surface area contributed by atoms with Gasteiger partial charge in [-0.15, -0.1) is 0 Å². The minimum Gasteiger partial charge on any atom is -0.389 e. The van der Waals surface area contributed by atoms with Crippen LogP contribution in [0.4, 0.5) is 17.6 Å². The normalized spacial score (nSPS) is 18.2. The zero-order valence-electron chi connectivity index (χ0n) is 10.2. The Hall–Kier alpha value is -1.14. The second-order valence-corrected chi connectivity index (χ2v) is 4.99. The van der Waals surface area contributed by atoms with Crippen LogP contribution in [0.1, 0.15) is 30.4 Å². The van der Waals surface area contributed by atoms with Crippen LogP contribution in [0.15, 0.2) is 18.2 Å². The smallest absolute Gasteiger partial charge is 0.389 e. The fourth-order valence-corrected chi connectivity index (χ4v) is 2.10. The zero-order valence-corrected chi connectivity index (χ0v) is 10.2. The number of hydrogen-bond acceptors (Lipinski definition) is 2. The van der Waals surface area contributed by atoms with Gasteiger partial charge < -0.3 is 10.4 Å². The van der Waals surface area contributed by atoms with Gasteiger partial charge in [0.15, 0.2) is 0 Å². The number of hydrogen-bond donors (Lipinski definition) is 2. The van der Waals surface area contributed by atoms with Gasteiger partial charge in [0, 0.05) is 13.1 Å². The van der Waals surface area contributed by atoms with Crippen LogP contribution in [-0.2, 0) is 12.7 Å². The first kappa shape index (κ1) is 14.3. The van der Waals surface area contributed by atoms with Crippen LogP contribution in [0.5, 0.6) is 0 Å². The Morgan fingerprint density at radius 3 is 2.47 bits per heavy atom. The SMILES string of the molecule is OC1(CNCc2ccc(F)c(C(F)(F)F)c2)CCC1. The number of halogens is 4.